The van der Waals surface area contributed by atoms with Crippen LogP contribution in [0.15, 0.2) is 42.5 Å². The molecule has 0 unspecified atom stereocenters. The van der Waals surface area contributed by atoms with Crippen molar-refractivity contribution < 1.29 is 18.8 Å². The molecule has 2 aromatic carbocycles. The zero-order valence-corrected chi connectivity index (χ0v) is 20.0. The van der Waals surface area contributed by atoms with Crippen LogP contribution < -0.4 is 10.8 Å². The second-order valence-corrected chi connectivity index (χ2v) is 10.1. The average Bonchev–Trinajstić information content (AvgIpc) is 2.87. The number of carbonyl (C=O) groups is 1. The highest BCUT2D eigenvalue weighted by Gasteiger charge is 2.51. The van der Waals surface area contributed by atoms with Gasteiger partial charge in [0.1, 0.15) is 5.60 Å². The van der Waals surface area contributed by atoms with Gasteiger partial charge in [-0.05, 0) is 89.2 Å². The number of carbonyl (C=O) groups excluding carboxylic acids is 1. The zero-order chi connectivity index (χ0) is 23.0. The van der Waals surface area contributed by atoms with Gasteiger partial charge in [0.2, 0.25) is 0 Å². The first-order valence-electron chi connectivity index (χ1n) is 10.9. The first kappa shape index (κ1) is 23.4. The molecule has 0 aromatic heterocycles. The summed E-state index contributed by atoms with van der Waals surface area (Å²) < 4.78 is 17.7. The number of rotatable bonds is 4. The smallest absolute Gasteiger partial charge is 0.444 e. The molecule has 1 N–H and O–H groups in total. The Morgan fingerprint density at radius 1 is 1.00 bits per heavy atom. The predicted molar refractivity (Wildman–Crippen MR) is 127 cm³/mol. The van der Waals surface area contributed by atoms with Crippen LogP contribution in [0.25, 0.3) is 11.1 Å². The van der Waals surface area contributed by atoms with Crippen molar-refractivity contribution in [3.8, 4) is 11.1 Å². The summed E-state index contributed by atoms with van der Waals surface area (Å²) in [5, 5.41) is 2.77. The third-order valence-corrected chi connectivity index (χ3v) is 5.88. The quantitative estimate of drug-likeness (QED) is 0.654. The molecule has 1 heterocycles. The Labute approximate surface area is 186 Å². The largest absolute Gasteiger partial charge is 0.494 e. The maximum absolute atomic E-state index is 12.0. The summed E-state index contributed by atoms with van der Waals surface area (Å²) in [6.07, 6.45) is 0.432. The summed E-state index contributed by atoms with van der Waals surface area (Å²) in [5.41, 5.74) is 3.95. The minimum absolute atomic E-state index is 0.361. The van der Waals surface area contributed by atoms with E-state index in [9.17, 15) is 4.79 Å². The number of amides is 1. The van der Waals surface area contributed by atoms with Crippen LogP contribution in [0.5, 0.6) is 0 Å². The third-order valence-electron chi connectivity index (χ3n) is 5.88. The fraction of sp³-hybridized carbons (Fsp3) is 0.480. The van der Waals surface area contributed by atoms with Crippen molar-refractivity contribution in [1.82, 2.24) is 0 Å². The molecule has 0 saturated carbocycles. The molecule has 0 atom stereocenters. The van der Waals surface area contributed by atoms with Crippen LogP contribution in [0.4, 0.5) is 10.5 Å². The van der Waals surface area contributed by atoms with Crippen LogP contribution in [-0.2, 0) is 20.5 Å². The predicted octanol–water partition coefficient (Wildman–Crippen LogP) is 5.56. The first-order valence-corrected chi connectivity index (χ1v) is 10.9. The van der Waals surface area contributed by atoms with Gasteiger partial charge in [-0.25, -0.2) is 4.79 Å². The number of anilines is 1. The standard InChI is InChI=1S/C25H34BNO4/c1-9-17-16-19(26-30-24(5,6)25(7,8)31-26)12-15-21(17)18-10-13-20(14-11-18)27-22(28)29-23(2,3)4/h10-16H,9H2,1-8H3,(H,27,28). The molecular weight excluding hydrogens is 389 g/mol. The fourth-order valence-corrected chi connectivity index (χ4v) is 3.47. The summed E-state index contributed by atoms with van der Waals surface area (Å²) in [7, 11) is -0.371. The molecule has 0 aliphatic carbocycles. The van der Waals surface area contributed by atoms with Gasteiger partial charge in [0.15, 0.2) is 0 Å². The Hall–Kier alpha value is -2.31. The molecule has 0 spiro atoms. The molecule has 3 rings (SSSR count). The first-order chi connectivity index (χ1) is 14.3. The van der Waals surface area contributed by atoms with Gasteiger partial charge in [0.05, 0.1) is 11.2 Å². The average molecular weight is 423 g/mol. The van der Waals surface area contributed by atoms with Gasteiger partial charge < -0.3 is 14.0 Å². The van der Waals surface area contributed by atoms with Crippen molar-refractivity contribution in [3.63, 3.8) is 0 Å². The molecule has 1 fully saturated rings. The molecule has 6 heteroatoms. The van der Waals surface area contributed by atoms with Crippen molar-refractivity contribution in [2.75, 3.05) is 5.32 Å². The molecule has 31 heavy (non-hydrogen) atoms. The zero-order valence-electron chi connectivity index (χ0n) is 20.0. The molecule has 1 aliphatic rings. The number of hydrogen-bond acceptors (Lipinski definition) is 4. The third kappa shape index (κ3) is 5.31. The maximum atomic E-state index is 12.0. The van der Waals surface area contributed by atoms with Crippen LogP contribution in [-0.4, -0.2) is 30.0 Å². The molecule has 1 amide bonds. The summed E-state index contributed by atoms with van der Waals surface area (Å²) >= 11 is 0. The molecule has 1 aliphatic heterocycles. The van der Waals surface area contributed by atoms with Crippen LogP contribution in [0.2, 0.25) is 0 Å². The van der Waals surface area contributed by atoms with Gasteiger partial charge in [-0.3, -0.25) is 5.32 Å². The van der Waals surface area contributed by atoms with E-state index in [-0.39, 0.29) is 18.3 Å². The van der Waals surface area contributed by atoms with Crippen molar-refractivity contribution in [2.45, 2.75) is 78.6 Å². The van der Waals surface area contributed by atoms with Gasteiger partial charge in [-0.15, -0.1) is 0 Å². The van der Waals surface area contributed by atoms with Gasteiger partial charge in [0.25, 0.3) is 0 Å². The highest BCUT2D eigenvalue weighted by Crippen LogP contribution is 2.37. The lowest BCUT2D eigenvalue weighted by Crippen LogP contribution is -2.41. The topological polar surface area (TPSA) is 56.8 Å². The van der Waals surface area contributed by atoms with Gasteiger partial charge in [-0.2, -0.15) is 0 Å². The van der Waals surface area contributed by atoms with Crippen molar-refractivity contribution in [1.29, 1.82) is 0 Å². The highest BCUT2D eigenvalue weighted by atomic mass is 16.7. The molecule has 166 valence electrons. The van der Waals surface area contributed by atoms with E-state index in [1.807, 2.05) is 45.0 Å². The number of ether oxygens (including phenoxy) is 1. The van der Waals surface area contributed by atoms with E-state index in [2.05, 4.69) is 58.1 Å². The number of benzene rings is 2. The van der Waals surface area contributed by atoms with E-state index in [1.54, 1.807) is 0 Å². The van der Waals surface area contributed by atoms with Crippen molar-refractivity contribution >= 4 is 24.4 Å². The molecular formula is C25H34BNO4. The lowest BCUT2D eigenvalue weighted by Gasteiger charge is -2.32. The van der Waals surface area contributed by atoms with Crippen molar-refractivity contribution in [2.24, 2.45) is 0 Å². The summed E-state index contributed by atoms with van der Waals surface area (Å²) in [6.45, 7) is 15.9. The van der Waals surface area contributed by atoms with E-state index >= 15 is 0 Å². The van der Waals surface area contributed by atoms with E-state index in [4.69, 9.17) is 14.0 Å². The van der Waals surface area contributed by atoms with Crippen LogP contribution >= 0.6 is 0 Å². The van der Waals surface area contributed by atoms with Gasteiger partial charge in [0, 0.05) is 5.69 Å². The monoisotopic (exact) mass is 423 g/mol. The normalized spacial score (nSPS) is 17.5. The van der Waals surface area contributed by atoms with E-state index in [1.165, 1.54) is 5.56 Å². The van der Waals surface area contributed by atoms with E-state index < -0.39 is 11.7 Å². The minimum Gasteiger partial charge on any atom is -0.444 e. The Balaban J connectivity index is 1.78. The van der Waals surface area contributed by atoms with Gasteiger partial charge >= 0.3 is 13.2 Å². The Kier molecular flexibility index (Phi) is 6.27. The number of aryl methyl sites for hydroxylation is 1. The summed E-state index contributed by atoms with van der Waals surface area (Å²) in [5.74, 6) is 0. The fourth-order valence-electron chi connectivity index (χ4n) is 3.47. The number of hydrogen-bond donors (Lipinski definition) is 1. The molecule has 2 aromatic rings. The minimum atomic E-state index is -0.529. The Morgan fingerprint density at radius 3 is 2.10 bits per heavy atom. The molecule has 0 bridgehead atoms. The van der Waals surface area contributed by atoms with E-state index in [0.717, 1.165) is 23.0 Å². The van der Waals surface area contributed by atoms with Crippen LogP contribution in [0.1, 0.15) is 61.0 Å². The molecule has 0 radical (unpaired) electrons. The molecule has 1 saturated heterocycles. The maximum Gasteiger partial charge on any atom is 0.494 e. The SMILES string of the molecule is CCc1cc(B2OC(C)(C)C(C)(C)O2)ccc1-c1ccc(NC(=O)OC(C)(C)C)cc1. The lowest BCUT2D eigenvalue weighted by molar-refractivity contribution is 0.00578. The van der Waals surface area contributed by atoms with Crippen LogP contribution in [0.3, 0.4) is 0 Å². The highest BCUT2D eigenvalue weighted by molar-refractivity contribution is 6.62. The van der Waals surface area contributed by atoms with Crippen LogP contribution in [0, 0.1) is 0 Å². The van der Waals surface area contributed by atoms with E-state index in [0.29, 0.717) is 5.69 Å². The number of nitrogens with one attached hydrogen (secondary N) is 1. The summed E-state index contributed by atoms with van der Waals surface area (Å²) in [4.78, 5) is 12.0. The van der Waals surface area contributed by atoms with Gasteiger partial charge in [-0.1, -0.05) is 37.3 Å². The second-order valence-electron chi connectivity index (χ2n) is 10.1. The molecule has 5 nitrogen and oxygen atoms in total. The second kappa shape index (κ2) is 8.32. The summed E-state index contributed by atoms with van der Waals surface area (Å²) in [6, 6.07) is 14.2. The Morgan fingerprint density at radius 2 is 1.58 bits per heavy atom. The van der Waals surface area contributed by atoms with Crippen molar-refractivity contribution in [3.05, 3.63) is 48.0 Å². The Bertz CT molecular complexity index is 929. The lowest BCUT2D eigenvalue weighted by atomic mass is 9.77.